The molecule has 3 aromatic rings. The molecule has 4 rings (SSSR count). The minimum Gasteiger partial charge on any atom is -0.465 e. The van der Waals surface area contributed by atoms with Crippen LogP contribution in [0.25, 0.3) is 10.1 Å². The van der Waals surface area contributed by atoms with E-state index in [1.165, 1.54) is 43.3 Å². The zero-order valence-corrected chi connectivity index (χ0v) is 15.1. The van der Waals surface area contributed by atoms with Gasteiger partial charge in [0.25, 0.3) is 0 Å². The molecule has 0 aliphatic heterocycles. The molecule has 0 unspecified atom stereocenters. The number of benzene rings is 1. The molecule has 128 valence electrons. The van der Waals surface area contributed by atoms with Gasteiger partial charge in [-0.05, 0) is 48.4 Å². The SMILES string of the molecule is CCC1(c2ccc(Oc3cncc4sc(C(=O)OC)cc34)cc2)CC1. The van der Waals surface area contributed by atoms with E-state index in [0.717, 1.165) is 15.8 Å². The first-order valence-electron chi connectivity index (χ1n) is 8.39. The molecule has 25 heavy (non-hydrogen) atoms. The third-order valence-corrected chi connectivity index (χ3v) is 6.07. The normalized spacial score (nSPS) is 15.1. The molecule has 0 N–H and O–H groups in total. The predicted molar refractivity (Wildman–Crippen MR) is 98.7 cm³/mol. The van der Waals surface area contributed by atoms with Crippen molar-refractivity contribution in [1.82, 2.24) is 4.98 Å². The largest absolute Gasteiger partial charge is 0.465 e. The molecule has 0 saturated heterocycles. The fraction of sp³-hybridized carbons (Fsp3) is 0.300. The van der Waals surface area contributed by atoms with Gasteiger partial charge in [0.05, 0.1) is 18.0 Å². The molecule has 2 heterocycles. The Morgan fingerprint density at radius 2 is 2.00 bits per heavy atom. The van der Waals surface area contributed by atoms with Gasteiger partial charge in [-0.2, -0.15) is 0 Å². The number of pyridine rings is 1. The number of hydrogen-bond acceptors (Lipinski definition) is 5. The van der Waals surface area contributed by atoms with E-state index in [-0.39, 0.29) is 5.97 Å². The van der Waals surface area contributed by atoms with E-state index in [9.17, 15) is 4.79 Å². The van der Waals surface area contributed by atoms with E-state index < -0.39 is 0 Å². The second kappa shape index (κ2) is 6.15. The van der Waals surface area contributed by atoms with Crippen LogP contribution in [0.3, 0.4) is 0 Å². The molecule has 0 radical (unpaired) electrons. The van der Waals surface area contributed by atoms with Crippen molar-refractivity contribution >= 4 is 27.4 Å². The van der Waals surface area contributed by atoms with Crippen LogP contribution in [0.5, 0.6) is 11.5 Å². The summed E-state index contributed by atoms with van der Waals surface area (Å²) >= 11 is 1.35. The molecule has 2 aromatic heterocycles. The Balaban J connectivity index is 1.62. The van der Waals surface area contributed by atoms with E-state index in [2.05, 4.69) is 24.0 Å². The highest BCUT2D eigenvalue weighted by Gasteiger charge is 2.42. The highest BCUT2D eigenvalue weighted by atomic mass is 32.1. The number of hydrogen-bond donors (Lipinski definition) is 0. The van der Waals surface area contributed by atoms with Crippen LogP contribution in [0.4, 0.5) is 0 Å². The van der Waals surface area contributed by atoms with Crippen LogP contribution in [-0.4, -0.2) is 18.1 Å². The number of methoxy groups -OCH3 is 1. The summed E-state index contributed by atoms with van der Waals surface area (Å²) in [5.41, 5.74) is 1.78. The average Bonchev–Trinajstić information content (AvgIpc) is 3.33. The van der Waals surface area contributed by atoms with Gasteiger partial charge in [0, 0.05) is 11.6 Å². The molecule has 1 fully saturated rings. The van der Waals surface area contributed by atoms with Crippen LogP contribution in [0, 0.1) is 0 Å². The third kappa shape index (κ3) is 2.89. The Kier molecular flexibility index (Phi) is 3.96. The highest BCUT2D eigenvalue weighted by molar-refractivity contribution is 7.20. The van der Waals surface area contributed by atoms with E-state index in [4.69, 9.17) is 9.47 Å². The van der Waals surface area contributed by atoms with Gasteiger partial charge in [-0.3, -0.25) is 4.98 Å². The zero-order chi connectivity index (χ0) is 17.4. The summed E-state index contributed by atoms with van der Waals surface area (Å²) in [6.07, 6.45) is 7.15. The number of ether oxygens (including phenoxy) is 2. The number of fused-ring (bicyclic) bond motifs is 1. The van der Waals surface area contributed by atoms with Crippen molar-refractivity contribution in [3.63, 3.8) is 0 Å². The fourth-order valence-corrected chi connectivity index (χ4v) is 4.18. The molecule has 1 aliphatic rings. The topological polar surface area (TPSA) is 48.4 Å². The van der Waals surface area contributed by atoms with E-state index >= 15 is 0 Å². The lowest BCUT2D eigenvalue weighted by molar-refractivity contribution is 0.0606. The minimum atomic E-state index is -0.342. The molecule has 0 atom stereocenters. The molecule has 0 spiro atoms. The van der Waals surface area contributed by atoms with Gasteiger partial charge in [0.2, 0.25) is 0 Å². The van der Waals surface area contributed by atoms with E-state index in [1.54, 1.807) is 18.5 Å². The second-order valence-electron chi connectivity index (χ2n) is 6.41. The second-order valence-corrected chi connectivity index (χ2v) is 7.50. The van der Waals surface area contributed by atoms with Crippen molar-refractivity contribution in [3.05, 3.63) is 53.2 Å². The first kappa shape index (κ1) is 16.1. The van der Waals surface area contributed by atoms with Crippen molar-refractivity contribution in [2.75, 3.05) is 7.11 Å². The van der Waals surface area contributed by atoms with Crippen LogP contribution in [0.15, 0.2) is 42.7 Å². The molecule has 5 heteroatoms. The van der Waals surface area contributed by atoms with Gasteiger partial charge >= 0.3 is 5.97 Å². The lowest BCUT2D eigenvalue weighted by atomic mass is 9.93. The molecule has 0 amide bonds. The number of nitrogens with zero attached hydrogens (tertiary/aromatic N) is 1. The van der Waals surface area contributed by atoms with Crippen LogP contribution >= 0.6 is 11.3 Å². The van der Waals surface area contributed by atoms with Crippen molar-refractivity contribution < 1.29 is 14.3 Å². The molecular formula is C20H19NO3S. The summed E-state index contributed by atoms with van der Waals surface area (Å²) in [5, 5.41) is 0.872. The maximum atomic E-state index is 11.7. The monoisotopic (exact) mass is 353 g/mol. The van der Waals surface area contributed by atoms with Crippen LogP contribution in [-0.2, 0) is 10.2 Å². The number of thiophene rings is 1. The van der Waals surface area contributed by atoms with Gasteiger partial charge in [-0.15, -0.1) is 11.3 Å². The summed E-state index contributed by atoms with van der Waals surface area (Å²) < 4.78 is 11.7. The molecule has 1 aromatic carbocycles. The number of aromatic nitrogens is 1. The van der Waals surface area contributed by atoms with Crippen molar-refractivity contribution in [3.8, 4) is 11.5 Å². The van der Waals surface area contributed by atoms with Gasteiger partial charge in [0.1, 0.15) is 10.6 Å². The van der Waals surface area contributed by atoms with E-state index in [0.29, 0.717) is 16.0 Å². The van der Waals surface area contributed by atoms with Crippen molar-refractivity contribution in [2.45, 2.75) is 31.6 Å². The van der Waals surface area contributed by atoms with Crippen molar-refractivity contribution in [2.24, 2.45) is 0 Å². The predicted octanol–water partition coefficient (Wildman–Crippen LogP) is 5.32. The maximum absolute atomic E-state index is 11.7. The van der Waals surface area contributed by atoms with Gasteiger partial charge in [-0.25, -0.2) is 4.79 Å². The summed E-state index contributed by atoms with van der Waals surface area (Å²) in [4.78, 5) is 16.5. The van der Waals surface area contributed by atoms with Crippen LogP contribution in [0.1, 0.15) is 41.4 Å². The Hall–Kier alpha value is -2.40. The Bertz CT molecular complexity index is 926. The Morgan fingerprint density at radius 3 is 2.64 bits per heavy atom. The molecule has 1 aliphatic carbocycles. The lowest BCUT2D eigenvalue weighted by Gasteiger charge is -2.13. The minimum absolute atomic E-state index is 0.342. The van der Waals surface area contributed by atoms with Crippen LogP contribution in [0.2, 0.25) is 0 Å². The summed E-state index contributed by atoms with van der Waals surface area (Å²) in [5.74, 6) is 1.08. The van der Waals surface area contributed by atoms with Gasteiger partial charge in [0.15, 0.2) is 5.75 Å². The number of carbonyl (C=O) groups excluding carboxylic acids is 1. The molecule has 4 nitrogen and oxygen atoms in total. The molecular weight excluding hydrogens is 334 g/mol. The number of carbonyl (C=O) groups is 1. The summed E-state index contributed by atoms with van der Waals surface area (Å²) in [6, 6.07) is 10.1. The number of rotatable bonds is 5. The first-order chi connectivity index (χ1) is 12.1. The van der Waals surface area contributed by atoms with Gasteiger partial charge in [-0.1, -0.05) is 19.1 Å². The standard InChI is InChI=1S/C20H19NO3S/c1-3-20(8-9-20)13-4-6-14(7-5-13)24-16-11-21-12-18-15(16)10-17(25-18)19(22)23-2/h4-7,10-12H,3,8-9H2,1-2H3. The lowest BCUT2D eigenvalue weighted by Crippen LogP contribution is -2.03. The Labute approximate surface area is 150 Å². The quantitative estimate of drug-likeness (QED) is 0.583. The summed E-state index contributed by atoms with van der Waals surface area (Å²) in [7, 11) is 1.38. The molecule has 1 saturated carbocycles. The summed E-state index contributed by atoms with van der Waals surface area (Å²) in [6.45, 7) is 2.25. The first-order valence-corrected chi connectivity index (χ1v) is 9.21. The number of esters is 1. The van der Waals surface area contributed by atoms with Crippen LogP contribution < -0.4 is 4.74 Å². The van der Waals surface area contributed by atoms with E-state index in [1.807, 2.05) is 12.1 Å². The maximum Gasteiger partial charge on any atom is 0.348 e. The third-order valence-electron chi connectivity index (χ3n) is 5.02. The Morgan fingerprint density at radius 1 is 1.24 bits per heavy atom. The smallest absolute Gasteiger partial charge is 0.348 e. The average molecular weight is 353 g/mol. The molecule has 0 bridgehead atoms. The highest BCUT2D eigenvalue weighted by Crippen LogP contribution is 2.51. The van der Waals surface area contributed by atoms with Gasteiger partial charge < -0.3 is 9.47 Å². The zero-order valence-electron chi connectivity index (χ0n) is 14.2. The van der Waals surface area contributed by atoms with Crippen molar-refractivity contribution in [1.29, 1.82) is 0 Å². The fourth-order valence-electron chi connectivity index (χ4n) is 3.22.